The monoisotopic (exact) mass is 330 g/mol. The number of aromatic nitrogens is 2. The predicted octanol–water partition coefficient (Wildman–Crippen LogP) is 2.24. The van der Waals surface area contributed by atoms with Crippen LogP contribution in [0.4, 0.5) is 4.39 Å². The molecule has 0 radical (unpaired) electrons. The van der Waals surface area contributed by atoms with Crippen molar-refractivity contribution in [1.29, 1.82) is 0 Å². The number of hydrogen-bond acceptors (Lipinski definition) is 3. The number of halogens is 1. The first kappa shape index (κ1) is 16.6. The van der Waals surface area contributed by atoms with Crippen LogP contribution in [-0.4, -0.2) is 51.7 Å². The highest BCUT2D eigenvalue weighted by atomic mass is 19.1. The van der Waals surface area contributed by atoms with Gasteiger partial charge in [-0.3, -0.25) is 14.4 Å². The molecule has 24 heavy (non-hydrogen) atoms. The molecule has 2 aromatic rings. The minimum absolute atomic E-state index is 0.114. The third-order valence-electron chi connectivity index (χ3n) is 4.60. The molecule has 0 bridgehead atoms. The number of carbonyl (C=O) groups is 1. The normalized spacial score (nSPS) is 17.0. The zero-order chi connectivity index (χ0) is 17.1. The number of rotatable bonds is 4. The summed E-state index contributed by atoms with van der Waals surface area (Å²) >= 11 is 0. The summed E-state index contributed by atoms with van der Waals surface area (Å²) in [5, 5.41) is 4.24. The molecule has 2 heterocycles. The molecule has 6 heteroatoms. The number of piperazine rings is 1. The maximum Gasteiger partial charge on any atom is 0.247 e. The Hall–Kier alpha value is -2.21. The van der Waals surface area contributed by atoms with E-state index in [1.807, 2.05) is 36.9 Å². The molecule has 3 rings (SSSR count). The molecule has 1 unspecified atom stereocenters. The fourth-order valence-corrected chi connectivity index (χ4v) is 3.13. The Bertz CT molecular complexity index is 689. The van der Waals surface area contributed by atoms with E-state index in [4.69, 9.17) is 0 Å². The third kappa shape index (κ3) is 3.64. The molecule has 1 atom stereocenters. The molecule has 0 saturated carbocycles. The number of nitrogens with zero attached hydrogens (tertiary/aromatic N) is 4. The van der Waals surface area contributed by atoms with Gasteiger partial charge in [0.05, 0.1) is 0 Å². The SMILES string of the molecule is Cc1ccnn1C(C)C(=O)N1CCN(Cc2ccc(F)cc2)CC1. The first-order chi connectivity index (χ1) is 11.5. The standard InChI is InChI=1S/C18H23FN4O/c1-14-7-8-20-23(14)15(2)18(24)22-11-9-21(10-12-22)13-16-3-5-17(19)6-4-16/h3-8,15H,9-13H2,1-2H3. The Balaban J connectivity index is 1.54. The smallest absolute Gasteiger partial charge is 0.247 e. The van der Waals surface area contributed by atoms with Crippen molar-refractivity contribution in [3.63, 3.8) is 0 Å². The Morgan fingerprint density at radius 1 is 1.17 bits per heavy atom. The number of hydrogen-bond donors (Lipinski definition) is 0. The molecule has 1 fully saturated rings. The van der Waals surface area contributed by atoms with Gasteiger partial charge in [0, 0.05) is 44.6 Å². The predicted molar refractivity (Wildman–Crippen MR) is 89.9 cm³/mol. The van der Waals surface area contributed by atoms with Crippen molar-refractivity contribution in [2.24, 2.45) is 0 Å². The van der Waals surface area contributed by atoms with Crippen molar-refractivity contribution in [1.82, 2.24) is 19.6 Å². The fourth-order valence-electron chi connectivity index (χ4n) is 3.13. The third-order valence-corrected chi connectivity index (χ3v) is 4.60. The summed E-state index contributed by atoms with van der Waals surface area (Å²) in [4.78, 5) is 16.9. The van der Waals surface area contributed by atoms with Gasteiger partial charge in [0.2, 0.25) is 5.91 Å². The summed E-state index contributed by atoms with van der Waals surface area (Å²) in [5.74, 6) is -0.0969. The average Bonchev–Trinajstić information content (AvgIpc) is 3.02. The summed E-state index contributed by atoms with van der Waals surface area (Å²) in [5.41, 5.74) is 2.09. The van der Waals surface area contributed by atoms with E-state index in [9.17, 15) is 9.18 Å². The van der Waals surface area contributed by atoms with Crippen molar-refractivity contribution in [3.8, 4) is 0 Å². The summed E-state index contributed by atoms with van der Waals surface area (Å²) in [6.45, 7) is 7.72. The van der Waals surface area contributed by atoms with Gasteiger partial charge in [-0.1, -0.05) is 12.1 Å². The topological polar surface area (TPSA) is 41.4 Å². The summed E-state index contributed by atoms with van der Waals surface area (Å²) < 4.78 is 14.7. The Kier molecular flexibility index (Phi) is 4.94. The molecule has 0 spiro atoms. The quantitative estimate of drug-likeness (QED) is 0.863. The van der Waals surface area contributed by atoms with Crippen LogP contribution < -0.4 is 0 Å². The van der Waals surface area contributed by atoms with Crippen LogP contribution >= 0.6 is 0 Å². The molecule has 1 aliphatic rings. The molecule has 1 saturated heterocycles. The van der Waals surface area contributed by atoms with E-state index < -0.39 is 0 Å². The lowest BCUT2D eigenvalue weighted by Crippen LogP contribution is -2.50. The van der Waals surface area contributed by atoms with E-state index in [2.05, 4.69) is 10.00 Å². The molecule has 0 N–H and O–H groups in total. The van der Waals surface area contributed by atoms with E-state index in [-0.39, 0.29) is 17.8 Å². The molecule has 1 aromatic carbocycles. The Morgan fingerprint density at radius 2 is 1.83 bits per heavy atom. The van der Waals surface area contributed by atoms with Crippen LogP contribution in [0.25, 0.3) is 0 Å². The maximum absolute atomic E-state index is 13.0. The molecule has 1 amide bonds. The molecular formula is C18H23FN4O. The maximum atomic E-state index is 13.0. The summed E-state index contributed by atoms with van der Waals surface area (Å²) in [7, 11) is 0. The van der Waals surface area contributed by atoms with Gasteiger partial charge in [0.25, 0.3) is 0 Å². The second-order valence-electron chi connectivity index (χ2n) is 6.32. The lowest BCUT2D eigenvalue weighted by atomic mass is 10.2. The molecular weight excluding hydrogens is 307 g/mol. The van der Waals surface area contributed by atoms with Gasteiger partial charge < -0.3 is 4.90 Å². The minimum atomic E-state index is -0.274. The van der Waals surface area contributed by atoms with Crippen molar-refractivity contribution in [2.45, 2.75) is 26.4 Å². The molecule has 0 aliphatic carbocycles. The largest absolute Gasteiger partial charge is 0.338 e. The second kappa shape index (κ2) is 7.13. The van der Waals surface area contributed by atoms with Crippen molar-refractivity contribution in [2.75, 3.05) is 26.2 Å². The van der Waals surface area contributed by atoms with Crippen LogP contribution in [-0.2, 0) is 11.3 Å². The van der Waals surface area contributed by atoms with E-state index in [0.29, 0.717) is 13.1 Å². The highest BCUT2D eigenvalue weighted by Gasteiger charge is 2.26. The number of amides is 1. The second-order valence-corrected chi connectivity index (χ2v) is 6.32. The van der Waals surface area contributed by atoms with Gasteiger partial charge in [-0.15, -0.1) is 0 Å². The molecule has 1 aliphatic heterocycles. The van der Waals surface area contributed by atoms with Gasteiger partial charge >= 0.3 is 0 Å². The minimum Gasteiger partial charge on any atom is -0.338 e. The number of aryl methyl sites for hydroxylation is 1. The van der Waals surface area contributed by atoms with Crippen LogP contribution in [0, 0.1) is 12.7 Å². The van der Waals surface area contributed by atoms with Crippen LogP contribution in [0.3, 0.4) is 0 Å². The van der Waals surface area contributed by atoms with Crippen molar-refractivity contribution >= 4 is 5.91 Å². The van der Waals surface area contributed by atoms with Gasteiger partial charge in [-0.2, -0.15) is 5.10 Å². The zero-order valence-electron chi connectivity index (χ0n) is 14.2. The lowest BCUT2D eigenvalue weighted by molar-refractivity contribution is -0.136. The van der Waals surface area contributed by atoms with Crippen LogP contribution in [0.5, 0.6) is 0 Å². The highest BCUT2D eigenvalue weighted by molar-refractivity contribution is 5.80. The van der Waals surface area contributed by atoms with Gasteiger partial charge in [-0.25, -0.2) is 4.39 Å². The number of carbonyl (C=O) groups excluding carboxylic acids is 1. The average molecular weight is 330 g/mol. The summed E-state index contributed by atoms with van der Waals surface area (Å²) in [6.07, 6.45) is 1.72. The Morgan fingerprint density at radius 3 is 2.42 bits per heavy atom. The fraction of sp³-hybridized carbons (Fsp3) is 0.444. The van der Waals surface area contributed by atoms with Crippen LogP contribution in [0.15, 0.2) is 36.5 Å². The van der Waals surface area contributed by atoms with E-state index >= 15 is 0 Å². The van der Waals surface area contributed by atoms with Crippen molar-refractivity contribution < 1.29 is 9.18 Å². The lowest BCUT2D eigenvalue weighted by Gasteiger charge is -2.36. The van der Waals surface area contributed by atoms with E-state index in [0.717, 1.165) is 30.9 Å². The first-order valence-corrected chi connectivity index (χ1v) is 8.30. The van der Waals surface area contributed by atoms with Gasteiger partial charge in [0.1, 0.15) is 11.9 Å². The summed E-state index contributed by atoms with van der Waals surface area (Å²) in [6, 6.07) is 8.24. The zero-order valence-corrected chi connectivity index (χ0v) is 14.2. The highest BCUT2D eigenvalue weighted by Crippen LogP contribution is 2.15. The van der Waals surface area contributed by atoms with Crippen LogP contribution in [0.1, 0.15) is 24.2 Å². The van der Waals surface area contributed by atoms with Gasteiger partial charge in [0.15, 0.2) is 0 Å². The molecule has 1 aromatic heterocycles. The van der Waals surface area contributed by atoms with E-state index in [1.165, 1.54) is 12.1 Å². The Labute approximate surface area is 141 Å². The first-order valence-electron chi connectivity index (χ1n) is 8.30. The van der Waals surface area contributed by atoms with Gasteiger partial charge in [-0.05, 0) is 37.6 Å². The van der Waals surface area contributed by atoms with Crippen molar-refractivity contribution in [3.05, 3.63) is 53.6 Å². The van der Waals surface area contributed by atoms with E-state index in [1.54, 1.807) is 10.9 Å². The molecule has 128 valence electrons. The molecule has 5 nitrogen and oxygen atoms in total. The number of benzene rings is 1. The van der Waals surface area contributed by atoms with Crippen LogP contribution in [0.2, 0.25) is 0 Å².